The van der Waals surface area contributed by atoms with E-state index in [1.165, 1.54) is 17.8 Å². The van der Waals surface area contributed by atoms with Crippen LogP contribution >= 0.6 is 46.6 Å². The van der Waals surface area contributed by atoms with Gasteiger partial charge in [0.2, 0.25) is 0 Å². The molecular weight excluding hydrogens is 531 g/mol. The van der Waals surface area contributed by atoms with Gasteiger partial charge in [-0.15, -0.1) is 23.4 Å². The number of fused-ring (bicyclic) bond motifs is 3. The number of para-hydroxylation sites is 1. The van der Waals surface area contributed by atoms with Gasteiger partial charge in [-0.1, -0.05) is 41.4 Å². The highest BCUT2D eigenvalue weighted by Gasteiger charge is 2.50. The van der Waals surface area contributed by atoms with Crippen molar-refractivity contribution < 1.29 is 14.8 Å². The number of thioether (sulfide) groups is 1. The van der Waals surface area contributed by atoms with Crippen LogP contribution < -0.4 is 5.32 Å². The second kappa shape index (κ2) is 9.54. The van der Waals surface area contributed by atoms with Crippen LogP contribution in [0.2, 0.25) is 10.0 Å². The lowest BCUT2D eigenvalue weighted by Crippen LogP contribution is -2.31. The minimum absolute atomic E-state index is 0.0204. The molecule has 10 heteroatoms. The topological polar surface area (TPSA) is 92.5 Å². The Balaban J connectivity index is 1.58. The molecule has 1 saturated carbocycles. The van der Waals surface area contributed by atoms with Crippen LogP contribution in [0, 0.1) is 16.0 Å². The Bertz CT molecular complexity index is 1340. The van der Waals surface area contributed by atoms with Gasteiger partial charge in [-0.05, 0) is 59.9 Å². The standard InChI is InChI=1S/C25H19Cl3N2O4S/c26-13-6-7-14(17(27)10-13)24-16-11-21(35-20-4-2-1-3-19(20)30(33)34)23(28)22(16)15-9-12(25(31)32)5-8-18(15)29-24/h1-10,16,21-24,29H,11H2,(H,31,32)/t16-,21+,22-,23+,24-/m0/s1. The maximum Gasteiger partial charge on any atom is 0.335 e. The summed E-state index contributed by atoms with van der Waals surface area (Å²) in [5, 5.41) is 25.2. The fourth-order valence-corrected chi connectivity index (χ4v) is 7.65. The summed E-state index contributed by atoms with van der Waals surface area (Å²) >= 11 is 21.2. The van der Waals surface area contributed by atoms with Crippen LogP contribution in [-0.2, 0) is 0 Å². The molecule has 0 amide bonds. The maximum absolute atomic E-state index is 11.7. The van der Waals surface area contributed by atoms with E-state index in [9.17, 15) is 20.0 Å². The molecule has 3 aromatic rings. The average molecular weight is 550 g/mol. The Morgan fingerprint density at radius 1 is 1.09 bits per heavy atom. The van der Waals surface area contributed by atoms with Gasteiger partial charge in [0.05, 0.1) is 26.8 Å². The monoisotopic (exact) mass is 548 g/mol. The van der Waals surface area contributed by atoms with Gasteiger partial charge in [0.15, 0.2) is 0 Å². The predicted molar refractivity (Wildman–Crippen MR) is 139 cm³/mol. The maximum atomic E-state index is 11.7. The minimum atomic E-state index is -1.01. The number of nitro groups is 1. The smallest absolute Gasteiger partial charge is 0.335 e. The number of halogens is 3. The number of carboxylic acid groups (broad SMARTS) is 1. The van der Waals surface area contributed by atoms with E-state index in [-0.39, 0.29) is 44.7 Å². The Hall–Kier alpha value is -2.45. The van der Waals surface area contributed by atoms with Crippen molar-refractivity contribution >= 4 is 63.9 Å². The van der Waals surface area contributed by atoms with Gasteiger partial charge < -0.3 is 10.4 Å². The molecule has 0 radical (unpaired) electrons. The van der Waals surface area contributed by atoms with Crippen molar-refractivity contribution in [3.8, 4) is 0 Å². The van der Waals surface area contributed by atoms with E-state index in [0.29, 0.717) is 21.4 Å². The summed E-state index contributed by atoms with van der Waals surface area (Å²) in [6, 6.07) is 16.8. The fourth-order valence-electron chi connectivity index (χ4n) is 5.18. The largest absolute Gasteiger partial charge is 0.478 e. The molecule has 0 saturated heterocycles. The third-order valence-corrected chi connectivity index (χ3v) is 9.37. The van der Waals surface area contributed by atoms with Crippen LogP contribution in [0.25, 0.3) is 0 Å². The fraction of sp³-hybridized carbons (Fsp3) is 0.240. The van der Waals surface area contributed by atoms with Gasteiger partial charge >= 0.3 is 5.97 Å². The summed E-state index contributed by atoms with van der Waals surface area (Å²) in [6.07, 6.45) is 0.656. The van der Waals surface area contributed by atoms with Crippen molar-refractivity contribution in [2.75, 3.05) is 5.32 Å². The molecule has 1 fully saturated rings. The molecule has 6 nitrogen and oxygen atoms in total. The summed E-state index contributed by atoms with van der Waals surface area (Å²) in [5.74, 6) is -1.21. The Morgan fingerprint density at radius 3 is 2.57 bits per heavy atom. The first-order valence-corrected chi connectivity index (χ1v) is 12.9. The van der Waals surface area contributed by atoms with Crippen LogP contribution in [0.3, 0.4) is 0 Å². The molecule has 2 aliphatic rings. The molecule has 1 heterocycles. The Morgan fingerprint density at radius 2 is 1.86 bits per heavy atom. The van der Waals surface area contributed by atoms with Crippen LogP contribution in [-0.4, -0.2) is 26.6 Å². The third kappa shape index (κ3) is 4.47. The van der Waals surface area contributed by atoms with Crippen molar-refractivity contribution in [2.45, 2.75) is 33.9 Å². The van der Waals surface area contributed by atoms with Crippen molar-refractivity contribution in [3.05, 3.63) is 97.5 Å². The SMILES string of the molecule is O=C(O)c1ccc2c(c1)[C@@H]1[C@H](Cl)[C@H](Sc3ccccc3[N+](=O)[O-])C[C@@H]1[C@H](c1ccc(Cl)cc1Cl)N2. The molecule has 5 atom stereocenters. The summed E-state index contributed by atoms with van der Waals surface area (Å²) in [7, 11) is 0. The lowest BCUT2D eigenvalue weighted by atomic mass is 9.77. The van der Waals surface area contributed by atoms with Crippen LogP contribution in [0.4, 0.5) is 11.4 Å². The molecule has 0 aromatic heterocycles. The van der Waals surface area contributed by atoms with E-state index in [0.717, 1.165) is 16.8 Å². The zero-order chi connectivity index (χ0) is 24.9. The van der Waals surface area contributed by atoms with Gasteiger partial charge in [0, 0.05) is 33.0 Å². The predicted octanol–water partition coefficient (Wildman–Crippen LogP) is 7.64. The molecule has 2 N–H and O–H groups in total. The third-order valence-electron chi connectivity index (χ3n) is 6.70. The zero-order valence-electron chi connectivity index (χ0n) is 18.0. The van der Waals surface area contributed by atoms with E-state index in [4.69, 9.17) is 34.8 Å². The molecule has 1 aliphatic carbocycles. The summed E-state index contributed by atoms with van der Waals surface area (Å²) in [6.45, 7) is 0. The van der Waals surface area contributed by atoms with Gasteiger partial charge in [-0.2, -0.15) is 0 Å². The summed E-state index contributed by atoms with van der Waals surface area (Å²) in [4.78, 5) is 23.4. The van der Waals surface area contributed by atoms with Gasteiger partial charge in [-0.25, -0.2) is 4.79 Å². The number of carbonyl (C=O) groups is 1. The normalized spacial score (nSPS) is 24.8. The van der Waals surface area contributed by atoms with E-state index in [1.54, 1.807) is 48.5 Å². The lowest BCUT2D eigenvalue weighted by molar-refractivity contribution is -0.387. The number of benzene rings is 3. The van der Waals surface area contributed by atoms with Crippen molar-refractivity contribution in [1.29, 1.82) is 0 Å². The van der Waals surface area contributed by atoms with Gasteiger partial charge in [0.25, 0.3) is 5.69 Å². The molecule has 0 unspecified atom stereocenters. The highest BCUT2D eigenvalue weighted by atomic mass is 35.5. The van der Waals surface area contributed by atoms with Gasteiger partial charge in [-0.3, -0.25) is 10.1 Å². The molecule has 0 spiro atoms. The number of hydrogen-bond acceptors (Lipinski definition) is 5. The number of nitro benzene ring substituents is 1. The first-order valence-electron chi connectivity index (χ1n) is 10.9. The highest BCUT2D eigenvalue weighted by Crippen LogP contribution is 2.58. The average Bonchev–Trinajstić information content (AvgIpc) is 3.15. The number of anilines is 1. The number of aromatic carboxylic acids is 1. The van der Waals surface area contributed by atoms with Gasteiger partial charge in [0.1, 0.15) is 0 Å². The number of carboxylic acids is 1. The molecule has 35 heavy (non-hydrogen) atoms. The molecule has 0 bridgehead atoms. The second-order valence-electron chi connectivity index (χ2n) is 8.65. The number of rotatable bonds is 5. The van der Waals surface area contributed by atoms with Crippen LogP contribution in [0.15, 0.2) is 65.6 Å². The number of nitrogens with zero attached hydrogens (tertiary/aromatic N) is 1. The number of nitrogens with one attached hydrogen (secondary N) is 1. The molecule has 3 aromatic carbocycles. The van der Waals surface area contributed by atoms with E-state index < -0.39 is 5.97 Å². The zero-order valence-corrected chi connectivity index (χ0v) is 21.1. The molecule has 180 valence electrons. The molecule has 1 aliphatic heterocycles. The van der Waals surface area contributed by atoms with Crippen molar-refractivity contribution in [3.63, 3.8) is 0 Å². The summed E-state index contributed by atoms with van der Waals surface area (Å²) < 4.78 is 0. The van der Waals surface area contributed by atoms with Crippen LogP contribution in [0.5, 0.6) is 0 Å². The minimum Gasteiger partial charge on any atom is -0.478 e. The number of alkyl halides is 1. The molecular formula is C25H19Cl3N2O4S. The first kappa shape index (κ1) is 24.3. The van der Waals surface area contributed by atoms with Crippen molar-refractivity contribution in [2.24, 2.45) is 5.92 Å². The van der Waals surface area contributed by atoms with E-state index in [1.807, 2.05) is 6.07 Å². The van der Waals surface area contributed by atoms with Crippen molar-refractivity contribution in [1.82, 2.24) is 0 Å². The lowest BCUT2D eigenvalue weighted by Gasteiger charge is -2.38. The van der Waals surface area contributed by atoms with E-state index >= 15 is 0 Å². The van der Waals surface area contributed by atoms with Crippen LogP contribution in [0.1, 0.15) is 39.9 Å². The quantitative estimate of drug-likeness (QED) is 0.193. The highest BCUT2D eigenvalue weighted by molar-refractivity contribution is 8.00. The summed E-state index contributed by atoms with van der Waals surface area (Å²) in [5.41, 5.74) is 2.74. The Labute approximate surface area is 220 Å². The van der Waals surface area contributed by atoms with E-state index in [2.05, 4.69) is 5.32 Å². The molecule has 5 rings (SSSR count). The second-order valence-corrected chi connectivity index (χ2v) is 11.3. The number of hydrogen-bond donors (Lipinski definition) is 2. The Kier molecular flexibility index (Phi) is 6.61. The first-order chi connectivity index (χ1) is 16.7.